The zero-order valence-corrected chi connectivity index (χ0v) is 25.3. The Morgan fingerprint density at radius 1 is 1.02 bits per heavy atom. The normalized spacial score (nSPS) is 23.1. The van der Waals surface area contributed by atoms with Crippen molar-refractivity contribution in [2.75, 3.05) is 19.6 Å². The predicted molar refractivity (Wildman–Crippen MR) is 163 cm³/mol. The Hall–Kier alpha value is -3.65. The lowest BCUT2D eigenvalue weighted by Crippen LogP contribution is -2.58. The number of aromatic nitrogens is 2. The molecule has 2 unspecified atom stereocenters. The fourth-order valence-corrected chi connectivity index (χ4v) is 6.46. The summed E-state index contributed by atoms with van der Waals surface area (Å²) >= 11 is 0. The molecule has 1 aliphatic carbocycles. The molecule has 2 fully saturated rings. The van der Waals surface area contributed by atoms with E-state index in [4.69, 9.17) is 9.72 Å². The Balaban J connectivity index is 1.51. The summed E-state index contributed by atoms with van der Waals surface area (Å²) in [5.41, 5.74) is 1.67. The van der Waals surface area contributed by atoms with Gasteiger partial charge in [0.25, 0.3) is 5.91 Å². The molecule has 2 aliphatic rings. The molecule has 2 aromatic carbocycles. The Morgan fingerprint density at radius 3 is 2.38 bits per heavy atom. The van der Waals surface area contributed by atoms with Gasteiger partial charge in [-0.25, -0.2) is 9.78 Å². The molecular formula is C34H44N4O4. The Labute approximate surface area is 249 Å². The van der Waals surface area contributed by atoms with E-state index in [9.17, 15) is 14.7 Å². The second-order valence-corrected chi connectivity index (χ2v) is 12.7. The van der Waals surface area contributed by atoms with Crippen LogP contribution in [0.5, 0.6) is 0 Å². The average Bonchev–Trinajstić information content (AvgIpc) is 3.42. The number of ether oxygens (including phenoxy) is 1. The molecule has 224 valence electrons. The summed E-state index contributed by atoms with van der Waals surface area (Å²) in [5.74, 6) is -0.159. The van der Waals surface area contributed by atoms with Gasteiger partial charge in [0.15, 0.2) is 5.69 Å². The molecule has 1 aliphatic heterocycles. The van der Waals surface area contributed by atoms with Gasteiger partial charge in [-0.2, -0.15) is 0 Å². The number of hydrogen-bond acceptors (Lipinski definition) is 5. The molecule has 5 rings (SSSR count). The second-order valence-electron chi connectivity index (χ2n) is 12.7. The fraction of sp³-hybridized carbons (Fsp3) is 0.500. The van der Waals surface area contributed by atoms with Crippen LogP contribution in [0.4, 0.5) is 4.79 Å². The van der Waals surface area contributed by atoms with Crippen molar-refractivity contribution in [3.05, 3.63) is 78.2 Å². The number of nitrogens with zero attached hydrogens (tertiary/aromatic N) is 4. The third-order valence-corrected chi connectivity index (χ3v) is 8.66. The molecule has 1 N–H and O–H groups in total. The maximum Gasteiger partial charge on any atom is 0.410 e. The summed E-state index contributed by atoms with van der Waals surface area (Å²) in [7, 11) is 0. The van der Waals surface area contributed by atoms with Crippen LogP contribution in [0.1, 0.15) is 81.9 Å². The second kappa shape index (κ2) is 12.3. The summed E-state index contributed by atoms with van der Waals surface area (Å²) in [6.07, 6.45) is 6.20. The van der Waals surface area contributed by atoms with E-state index >= 15 is 0 Å². The number of amides is 2. The van der Waals surface area contributed by atoms with Gasteiger partial charge in [-0.1, -0.05) is 80.4 Å². The van der Waals surface area contributed by atoms with Crippen molar-refractivity contribution < 1.29 is 19.4 Å². The van der Waals surface area contributed by atoms with Crippen LogP contribution in [0.3, 0.4) is 0 Å². The van der Waals surface area contributed by atoms with E-state index in [2.05, 4.69) is 0 Å². The number of rotatable bonds is 6. The van der Waals surface area contributed by atoms with E-state index in [1.807, 2.05) is 97.8 Å². The van der Waals surface area contributed by atoms with Crippen molar-refractivity contribution in [2.45, 2.75) is 89.5 Å². The number of aliphatic hydroxyl groups is 1. The monoisotopic (exact) mass is 572 g/mol. The van der Waals surface area contributed by atoms with Gasteiger partial charge in [0, 0.05) is 25.2 Å². The van der Waals surface area contributed by atoms with Crippen LogP contribution < -0.4 is 0 Å². The van der Waals surface area contributed by atoms with Crippen LogP contribution in [-0.2, 0) is 11.2 Å². The van der Waals surface area contributed by atoms with Crippen molar-refractivity contribution in [3.63, 3.8) is 0 Å². The first kappa shape index (κ1) is 29.8. The summed E-state index contributed by atoms with van der Waals surface area (Å²) < 4.78 is 7.73. The lowest BCUT2D eigenvalue weighted by molar-refractivity contribution is -0.0439. The van der Waals surface area contributed by atoms with Crippen LogP contribution in [0.2, 0.25) is 0 Å². The van der Waals surface area contributed by atoms with Gasteiger partial charge in [0.2, 0.25) is 0 Å². The number of piperazine rings is 1. The van der Waals surface area contributed by atoms with Crippen molar-refractivity contribution in [3.8, 4) is 11.3 Å². The van der Waals surface area contributed by atoms with Gasteiger partial charge < -0.3 is 24.2 Å². The summed E-state index contributed by atoms with van der Waals surface area (Å²) in [4.78, 5) is 35.8. The van der Waals surface area contributed by atoms with E-state index in [0.717, 1.165) is 42.5 Å². The highest BCUT2D eigenvalue weighted by atomic mass is 16.6. The molecule has 1 saturated heterocycles. The molecule has 1 saturated carbocycles. The Kier molecular flexibility index (Phi) is 8.73. The lowest BCUT2D eigenvalue weighted by Gasteiger charge is -2.42. The Bertz CT molecular complexity index is 1370. The molecule has 2 heterocycles. The molecule has 0 spiro atoms. The van der Waals surface area contributed by atoms with Gasteiger partial charge in [0.1, 0.15) is 5.60 Å². The number of imidazole rings is 1. The maximum atomic E-state index is 14.5. The third kappa shape index (κ3) is 6.38. The van der Waals surface area contributed by atoms with E-state index in [1.165, 1.54) is 0 Å². The Morgan fingerprint density at radius 2 is 1.71 bits per heavy atom. The molecule has 0 bridgehead atoms. The maximum absolute atomic E-state index is 14.5. The van der Waals surface area contributed by atoms with E-state index in [0.29, 0.717) is 38.2 Å². The average molecular weight is 573 g/mol. The molecule has 3 aromatic rings. The largest absolute Gasteiger partial charge is 0.444 e. The first-order valence-corrected chi connectivity index (χ1v) is 15.3. The van der Waals surface area contributed by atoms with E-state index in [1.54, 1.807) is 11.2 Å². The first-order valence-electron chi connectivity index (χ1n) is 15.3. The SMILES string of the molecule is CCC1(O)CCCCC1n1cnc(C(=O)N2CCN(C(=O)OC(C)(C)C)C[C@H]2Cc2ccccc2)c1-c1ccccc1. The topological polar surface area (TPSA) is 87.9 Å². The summed E-state index contributed by atoms with van der Waals surface area (Å²) in [5, 5.41) is 11.6. The van der Waals surface area contributed by atoms with Crippen molar-refractivity contribution in [1.29, 1.82) is 0 Å². The standard InChI is InChI=1S/C34H44N4O4/c1-5-34(41)19-13-12-18-28(34)38-24-35-29(30(38)26-16-10-7-11-17-26)31(39)37-21-20-36(32(40)42-33(2,3)4)23-27(37)22-25-14-8-6-9-15-25/h6-11,14-17,24,27-28,41H,5,12-13,18-23H2,1-4H3/t27-,28?,34?/m1/s1. The molecule has 1 aromatic heterocycles. The first-order chi connectivity index (χ1) is 20.1. The van der Waals surface area contributed by atoms with Crippen molar-refractivity contribution >= 4 is 12.0 Å². The number of carbonyl (C=O) groups is 2. The van der Waals surface area contributed by atoms with Gasteiger partial charge in [0.05, 0.1) is 29.7 Å². The van der Waals surface area contributed by atoms with Crippen molar-refractivity contribution in [1.82, 2.24) is 19.4 Å². The number of hydrogen-bond donors (Lipinski definition) is 1. The number of benzene rings is 2. The fourth-order valence-electron chi connectivity index (χ4n) is 6.46. The summed E-state index contributed by atoms with van der Waals surface area (Å²) in [6, 6.07) is 19.5. The van der Waals surface area contributed by atoms with Crippen LogP contribution >= 0.6 is 0 Å². The molecule has 42 heavy (non-hydrogen) atoms. The summed E-state index contributed by atoms with van der Waals surface area (Å²) in [6.45, 7) is 8.74. The highest BCUT2D eigenvalue weighted by molar-refractivity contribution is 5.98. The smallest absolute Gasteiger partial charge is 0.410 e. The number of carbonyl (C=O) groups excluding carboxylic acids is 2. The zero-order valence-electron chi connectivity index (χ0n) is 25.3. The van der Waals surface area contributed by atoms with Crippen LogP contribution in [0.25, 0.3) is 11.3 Å². The molecule has 3 atom stereocenters. The van der Waals surface area contributed by atoms with Crippen LogP contribution in [0, 0.1) is 0 Å². The molecule has 2 amide bonds. The minimum Gasteiger partial charge on any atom is -0.444 e. The van der Waals surface area contributed by atoms with Crippen molar-refractivity contribution in [2.24, 2.45) is 0 Å². The highest BCUT2D eigenvalue weighted by Gasteiger charge is 2.42. The van der Waals surface area contributed by atoms with Gasteiger partial charge >= 0.3 is 6.09 Å². The van der Waals surface area contributed by atoms with Gasteiger partial charge in [-0.3, -0.25) is 4.79 Å². The van der Waals surface area contributed by atoms with E-state index < -0.39 is 11.2 Å². The highest BCUT2D eigenvalue weighted by Crippen LogP contribution is 2.42. The van der Waals surface area contributed by atoms with Gasteiger partial charge in [-0.15, -0.1) is 0 Å². The van der Waals surface area contributed by atoms with Gasteiger partial charge in [-0.05, 0) is 52.0 Å². The molecular weight excluding hydrogens is 528 g/mol. The molecule has 8 heteroatoms. The zero-order chi connectivity index (χ0) is 29.9. The van der Waals surface area contributed by atoms with Crippen LogP contribution in [-0.4, -0.2) is 73.3 Å². The van der Waals surface area contributed by atoms with E-state index in [-0.39, 0.29) is 24.1 Å². The molecule has 0 radical (unpaired) electrons. The minimum absolute atomic E-state index is 0.159. The predicted octanol–water partition coefficient (Wildman–Crippen LogP) is 6.11. The van der Waals surface area contributed by atoms with Crippen LogP contribution in [0.15, 0.2) is 67.0 Å². The minimum atomic E-state index is -0.850. The quantitative estimate of drug-likeness (QED) is 0.385. The lowest BCUT2D eigenvalue weighted by atomic mass is 9.78. The third-order valence-electron chi connectivity index (χ3n) is 8.66. The molecule has 8 nitrogen and oxygen atoms in total.